The van der Waals surface area contributed by atoms with Crippen LogP contribution in [0.25, 0.3) is 0 Å². The van der Waals surface area contributed by atoms with Crippen molar-refractivity contribution in [3.63, 3.8) is 0 Å². The molecule has 6 heteroatoms. The minimum absolute atomic E-state index is 0.134. The summed E-state index contributed by atoms with van der Waals surface area (Å²) in [5, 5.41) is 2.87. The third-order valence-corrected chi connectivity index (χ3v) is 5.41. The number of fused-ring (bicyclic) bond motifs is 2. The zero-order valence-corrected chi connectivity index (χ0v) is 15.6. The van der Waals surface area contributed by atoms with Crippen molar-refractivity contribution in [2.75, 3.05) is 17.3 Å². The lowest BCUT2D eigenvalue weighted by Gasteiger charge is -2.35. The van der Waals surface area contributed by atoms with Crippen LogP contribution in [-0.2, 0) is 4.79 Å². The number of para-hydroxylation sites is 1. The molecule has 0 spiro atoms. The van der Waals surface area contributed by atoms with Crippen LogP contribution in [0.15, 0.2) is 54.2 Å². The number of hydrogen-bond acceptors (Lipinski definition) is 4. The standard InChI is InChI=1S/C21H22N4O2/c1-13-11-15(12-14(2)24(13)3)21(27)25-18-9-5-4-7-16(18)20(26)23-17-8-6-10-22-19(17)25/h4-11,13-14H,12H2,1-3H3,(H,23,26). The molecule has 1 aromatic carbocycles. The number of likely N-dealkylation sites (N-methyl/N-ethyl adjacent to an activating group) is 1. The molecule has 1 aromatic heterocycles. The van der Waals surface area contributed by atoms with Gasteiger partial charge in [0.05, 0.1) is 16.9 Å². The van der Waals surface area contributed by atoms with Crippen LogP contribution in [-0.4, -0.2) is 40.8 Å². The second-order valence-corrected chi connectivity index (χ2v) is 7.14. The lowest BCUT2D eigenvalue weighted by atomic mass is 9.96. The summed E-state index contributed by atoms with van der Waals surface area (Å²) >= 11 is 0. The van der Waals surface area contributed by atoms with Crippen molar-refractivity contribution < 1.29 is 9.59 Å². The number of benzene rings is 1. The van der Waals surface area contributed by atoms with Gasteiger partial charge in [-0.2, -0.15) is 0 Å². The molecule has 6 nitrogen and oxygen atoms in total. The highest BCUT2D eigenvalue weighted by atomic mass is 16.2. The number of nitrogens with one attached hydrogen (secondary N) is 1. The molecule has 0 radical (unpaired) electrons. The Morgan fingerprint density at radius 1 is 1.19 bits per heavy atom. The van der Waals surface area contributed by atoms with Crippen molar-refractivity contribution in [3.8, 4) is 0 Å². The highest BCUT2D eigenvalue weighted by Crippen LogP contribution is 2.38. The molecule has 1 N–H and O–H groups in total. The summed E-state index contributed by atoms with van der Waals surface area (Å²) in [5.74, 6) is 0.0703. The van der Waals surface area contributed by atoms with Crippen LogP contribution in [0.3, 0.4) is 0 Å². The van der Waals surface area contributed by atoms with Gasteiger partial charge >= 0.3 is 0 Å². The summed E-state index contributed by atoms with van der Waals surface area (Å²) in [4.78, 5) is 34.5. The number of pyridine rings is 1. The van der Waals surface area contributed by atoms with Gasteiger partial charge in [0.2, 0.25) is 0 Å². The van der Waals surface area contributed by atoms with E-state index in [1.807, 2.05) is 12.1 Å². The van der Waals surface area contributed by atoms with E-state index in [2.05, 4.69) is 36.1 Å². The normalized spacial score (nSPS) is 22.3. The largest absolute Gasteiger partial charge is 0.319 e. The van der Waals surface area contributed by atoms with E-state index < -0.39 is 0 Å². The van der Waals surface area contributed by atoms with Crippen molar-refractivity contribution in [2.24, 2.45) is 0 Å². The number of amides is 2. The molecule has 2 aliphatic rings. The number of anilines is 3. The van der Waals surface area contributed by atoms with Gasteiger partial charge < -0.3 is 5.32 Å². The fourth-order valence-corrected chi connectivity index (χ4v) is 3.69. The Kier molecular flexibility index (Phi) is 4.28. The van der Waals surface area contributed by atoms with E-state index in [0.29, 0.717) is 29.2 Å². The Morgan fingerprint density at radius 3 is 2.74 bits per heavy atom. The van der Waals surface area contributed by atoms with Crippen LogP contribution < -0.4 is 10.2 Å². The Labute approximate surface area is 158 Å². The monoisotopic (exact) mass is 362 g/mol. The van der Waals surface area contributed by atoms with Crippen LogP contribution in [0.5, 0.6) is 0 Å². The maximum atomic E-state index is 13.6. The Bertz CT molecular complexity index is 953. The fourth-order valence-electron chi connectivity index (χ4n) is 3.69. The Morgan fingerprint density at radius 2 is 1.96 bits per heavy atom. The summed E-state index contributed by atoms with van der Waals surface area (Å²) in [5.41, 5.74) is 2.28. The molecule has 4 rings (SSSR count). The predicted molar refractivity (Wildman–Crippen MR) is 105 cm³/mol. The lowest BCUT2D eigenvalue weighted by molar-refractivity contribution is -0.115. The summed E-state index contributed by atoms with van der Waals surface area (Å²) < 4.78 is 0. The third kappa shape index (κ3) is 2.92. The van der Waals surface area contributed by atoms with E-state index in [0.717, 1.165) is 5.57 Å². The van der Waals surface area contributed by atoms with Crippen molar-refractivity contribution in [1.82, 2.24) is 9.88 Å². The topological polar surface area (TPSA) is 65.5 Å². The molecule has 3 heterocycles. The molecule has 2 aliphatic heterocycles. The first kappa shape index (κ1) is 17.4. The van der Waals surface area contributed by atoms with Crippen molar-refractivity contribution in [2.45, 2.75) is 32.4 Å². The highest BCUT2D eigenvalue weighted by Gasteiger charge is 2.34. The van der Waals surface area contributed by atoms with Crippen LogP contribution >= 0.6 is 0 Å². The quantitative estimate of drug-likeness (QED) is 0.845. The van der Waals surface area contributed by atoms with Crippen LogP contribution in [0.4, 0.5) is 17.2 Å². The molecular weight excluding hydrogens is 340 g/mol. The SMILES string of the molecule is CC1C=C(C(=O)N2c3ccccc3C(=O)Nc3cccnc32)CC(C)N1C. The Hall–Kier alpha value is -2.99. The minimum atomic E-state index is -0.241. The minimum Gasteiger partial charge on any atom is -0.319 e. The summed E-state index contributed by atoms with van der Waals surface area (Å²) in [6.45, 7) is 4.20. The first-order valence-electron chi connectivity index (χ1n) is 9.10. The molecule has 27 heavy (non-hydrogen) atoms. The number of nitrogens with zero attached hydrogens (tertiary/aromatic N) is 3. The van der Waals surface area contributed by atoms with Gasteiger partial charge in [0.25, 0.3) is 11.8 Å². The molecule has 2 aromatic rings. The predicted octanol–water partition coefficient (Wildman–Crippen LogP) is 3.35. The van der Waals surface area contributed by atoms with Gasteiger partial charge in [0, 0.05) is 23.9 Å². The smallest absolute Gasteiger partial charge is 0.259 e. The molecule has 0 saturated heterocycles. The second kappa shape index (κ2) is 6.63. The fraction of sp³-hybridized carbons (Fsp3) is 0.286. The second-order valence-electron chi connectivity index (χ2n) is 7.14. The molecule has 2 atom stereocenters. The maximum Gasteiger partial charge on any atom is 0.259 e. The first-order valence-corrected chi connectivity index (χ1v) is 9.10. The average Bonchev–Trinajstić information content (AvgIpc) is 2.79. The highest BCUT2D eigenvalue weighted by molar-refractivity contribution is 6.20. The van der Waals surface area contributed by atoms with E-state index >= 15 is 0 Å². The number of carbonyl (C=O) groups excluding carboxylic acids is 2. The number of carbonyl (C=O) groups is 2. The van der Waals surface area contributed by atoms with E-state index in [1.54, 1.807) is 41.4 Å². The number of aromatic nitrogens is 1. The molecule has 0 aliphatic carbocycles. The zero-order chi connectivity index (χ0) is 19.1. The number of hydrogen-bond donors (Lipinski definition) is 1. The molecule has 138 valence electrons. The summed E-state index contributed by atoms with van der Waals surface area (Å²) in [7, 11) is 2.06. The van der Waals surface area contributed by atoms with Crippen molar-refractivity contribution in [3.05, 3.63) is 59.8 Å². The van der Waals surface area contributed by atoms with Gasteiger partial charge in [-0.1, -0.05) is 18.2 Å². The molecule has 0 saturated carbocycles. The average molecular weight is 362 g/mol. The van der Waals surface area contributed by atoms with Gasteiger partial charge in [-0.05, 0) is 51.6 Å². The maximum absolute atomic E-state index is 13.6. The van der Waals surface area contributed by atoms with Gasteiger partial charge in [0.15, 0.2) is 5.82 Å². The van der Waals surface area contributed by atoms with Crippen LogP contribution in [0.2, 0.25) is 0 Å². The van der Waals surface area contributed by atoms with Gasteiger partial charge in [0.1, 0.15) is 0 Å². The summed E-state index contributed by atoms with van der Waals surface area (Å²) in [6, 6.07) is 11.1. The van der Waals surface area contributed by atoms with Crippen molar-refractivity contribution in [1.29, 1.82) is 0 Å². The molecule has 2 amide bonds. The van der Waals surface area contributed by atoms with Gasteiger partial charge in [-0.25, -0.2) is 4.98 Å². The van der Waals surface area contributed by atoms with E-state index in [9.17, 15) is 9.59 Å². The summed E-state index contributed by atoms with van der Waals surface area (Å²) in [6.07, 6.45) is 4.29. The Balaban J connectivity index is 1.87. The van der Waals surface area contributed by atoms with Gasteiger partial charge in [-0.15, -0.1) is 0 Å². The van der Waals surface area contributed by atoms with Crippen molar-refractivity contribution >= 4 is 29.0 Å². The van der Waals surface area contributed by atoms with E-state index in [1.165, 1.54) is 0 Å². The lowest BCUT2D eigenvalue weighted by Crippen LogP contribution is -2.42. The molecule has 0 bridgehead atoms. The molecule has 0 fully saturated rings. The third-order valence-electron chi connectivity index (χ3n) is 5.41. The molecular formula is C21H22N4O2. The van der Waals surface area contributed by atoms with Gasteiger partial charge in [-0.3, -0.25) is 19.4 Å². The van der Waals surface area contributed by atoms with E-state index in [4.69, 9.17) is 0 Å². The van der Waals surface area contributed by atoms with E-state index in [-0.39, 0.29) is 23.9 Å². The first-order chi connectivity index (χ1) is 13.0. The van der Waals surface area contributed by atoms with Crippen LogP contribution in [0, 0.1) is 0 Å². The zero-order valence-electron chi connectivity index (χ0n) is 15.6. The molecule has 2 unspecified atom stereocenters. The van der Waals surface area contributed by atoms with Crippen LogP contribution in [0.1, 0.15) is 30.6 Å². The number of rotatable bonds is 1.